The fraction of sp³-hybridized carbons (Fsp3) is 0.0588. The van der Waals surface area contributed by atoms with E-state index in [1.807, 2.05) is 61.5 Å². The van der Waals surface area contributed by atoms with Crippen molar-refractivity contribution in [3.8, 4) is 11.5 Å². The standard InChI is InChI=1S/C17H13NO2S2/c1-11(15-16(19)18-17(21)22-15)12-6-5-9-14(10-12)20-13-7-3-2-4-8-13/h2-10H,1H3,(H,18,19,21)/b15-11+. The van der Waals surface area contributed by atoms with Crippen LogP contribution in [-0.2, 0) is 4.79 Å². The number of thiocarbonyl (C=S) groups is 1. The van der Waals surface area contributed by atoms with Crippen molar-refractivity contribution in [3.05, 3.63) is 65.1 Å². The van der Waals surface area contributed by atoms with Crippen LogP contribution in [0.4, 0.5) is 0 Å². The molecule has 3 rings (SSSR count). The molecule has 1 aliphatic rings. The van der Waals surface area contributed by atoms with Crippen LogP contribution in [0.3, 0.4) is 0 Å². The number of amides is 1. The van der Waals surface area contributed by atoms with Crippen LogP contribution in [-0.4, -0.2) is 10.2 Å². The van der Waals surface area contributed by atoms with Gasteiger partial charge in [0.1, 0.15) is 15.8 Å². The predicted molar refractivity (Wildman–Crippen MR) is 93.9 cm³/mol. The smallest absolute Gasteiger partial charge is 0.263 e. The van der Waals surface area contributed by atoms with E-state index < -0.39 is 0 Å². The third kappa shape index (κ3) is 3.21. The first-order valence-corrected chi connectivity index (χ1v) is 7.93. The molecule has 0 unspecified atom stereocenters. The highest BCUT2D eigenvalue weighted by Gasteiger charge is 2.24. The molecule has 22 heavy (non-hydrogen) atoms. The van der Waals surface area contributed by atoms with Crippen molar-refractivity contribution < 1.29 is 9.53 Å². The van der Waals surface area contributed by atoms with E-state index in [-0.39, 0.29) is 5.91 Å². The quantitative estimate of drug-likeness (QED) is 0.671. The van der Waals surface area contributed by atoms with Gasteiger partial charge in [-0.2, -0.15) is 0 Å². The molecule has 0 aliphatic carbocycles. The van der Waals surface area contributed by atoms with Gasteiger partial charge < -0.3 is 10.1 Å². The van der Waals surface area contributed by atoms with E-state index in [9.17, 15) is 4.79 Å². The van der Waals surface area contributed by atoms with Crippen LogP contribution in [0, 0.1) is 0 Å². The highest BCUT2D eigenvalue weighted by atomic mass is 32.2. The summed E-state index contributed by atoms with van der Waals surface area (Å²) < 4.78 is 6.32. The molecule has 3 nitrogen and oxygen atoms in total. The Labute approximate surface area is 138 Å². The second-order valence-corrected chi connectivity index (χ2v) is 6.43. The zero-order valence-electron chi connectivity index (χ0n) is 11.8. The zero-order valence-corrected chi connectivity index (χ0v) is 13.5. The van der Waals surface area contributed by atoms with Crippen LogP contribution in [0.2, 0.25) is 0 Å². The Bertz CT molecular complexity index is 769. The second kappa shape index (κ2) is 6.34. The Morgan fingerprint density at radius 2 is 1.82 bits per heavy atom. The van der Waals surface area contributed by atoms with E-state index in [1.165, 1.54) is 11.8 Å². The van der Waals surface area contributed by atoms with Crippen LogP contribution in [0.1, 0.15) is 12.5 Å². The lowest BCUT2D eigenvalue weighted by Crippen LogP contribution is -2.18. The summed E-state index contributed by atoms with van der Waals surface area (Å²) in [7, 11) is 0. The van der Waals surface area contributed by atoms with Crippen LogP contribution in [0.5, 0.6) is 11.5 Å². The van der Waals surface area contributed by atoms with Gasteiger partial charge in [0.15, 0.2) is 0 Å². The van der Waals surface area contributed by atoms with E-state index in [0.717, 1.165) is 22.6 Å². The molecule has 0 saturated carbocycles. The van der Waals surface area contributed by atoms with Crippen LogP contribution < -0.4 is 10.1 Å². The number of thioether (sulfide) groups is 1. The molecule has 1 amide bonds. The Hall–Kier alpha value is -2.11. The number of allylic oxidation sites excluding steroid dienone is 1. The summed E-state index contributed by atoms with van der Waals surface area (Å²) in [4.78, 5) is 12.5. The molecule has 2 aromatic rings. The summed E-state index contributed by atoms with van der Waals surface area (Å²) in [5, 5.41) is 2.64. The molecule has 0 spiro atoms. The zero-order chi connectivity index (χ0) is 15.5. The Morgan fingerprint density at radius 3 is 2.50 bits per heavy atom. The van der Waals surface area contributed by atoms with E-state index in [4.69, 9.17) is 17.0 Å². The third-order valence-corrected chi connectivity index (χ3v) is 4.54. The largest absolute Gasteiger partial charge is 0.457 e. The topological polar surface area (TPSA) is 38.3 Å². The van der Waals surface area contributed by atoms with Crippen molar-refractivity contribution >= 4 is 39.8 Å². The fourth-order valence-corrected chi connectivity index (χ4v) is 3.20. The number of para-hydroxylation sites is 1. The number of carbonyl (C=O) groups is 1. The van der Waals surface area contributed by atoms with E-state index >= 15 is 0 Å². The maximum atomic E-state index is 11.9. The van der Waals surface area contributed by atoms with Crippen molar-refractivity contribution in [1.82, 2.24) is 5.32 Å². The molecule has 0 bridgehead atoms. The SMILES string of the molecule is C/C(=C1\SC(=S)NC1=O)c1cccc(Oc2ccccc2)c1. The number of nitrogens with one attached hydrogen (secondary N) is 1. The van der Waals surface area contributed by atoms with Gasteiger partial charge in [0, 0.05) is 0 Å². The molecule has 1 N–H and O–H groups in total. The Morgan fingerprint density at radius 1 is 1.09 bits per heavy atom. The Balaban J connectivity index is 1.90. The molecular formula is C17H13NO2S2. The monoisotopic (exact) mass is 327 g/mol. The average molecular weight is 327 g/mol. The number of rotatable bonds is 3. The van der Waals surface area contributed by atoms with Gasteiger partial charge in [0.25, 0.3) is 5.91 Å². The van der Waals surface area contributed by atoms with Crippen molar-refractivity contribution in [3.63, 3.8) is 0 Å². The minimum absolute atomic E-state index is 0.137. The van der Waals surface area contributed by atoms with Crippen molar-refractivity contribution in [2.75, 3.05) is 0 Å². The molecule has 1 fully saturated rings. The first-order chi connectivity index (χ1) is 10.6. The van der Waals surface area contributed by atoms with E-state index in [1.54, 1.807) is 0 Å². The van der Waals surface area contributed by atoms with Crippen LogP contribution >= 0.6 is 24.0 Å². The van der Waals surface area contributed by atoms with Gasteiger partial charge >= 0.3 is 0 Å². The normalized spacial score (nSPS) is 16.4. The lowest BCUT2D eigenvalue weighted by Gasteiger charge is -2.09. The molecule has 2 aromatic carbocycles. The average Bonchev–Trinajstić information content (AvgIpc) is 2.86. The summed E-state index contributed by atoms with van der Waals surface area (Å²) in [5.74, 6) is 1.37. The predicted octanol–water partition coefficient (Wildman–Crippen LogP) is 4.36. The minimum atomic E-state index is -0.137. The van der Waals surface area contributed by atoms with Crippen molar-refractivity contribution in [2.24, 2.45) is 0 Å². The summed E-state index contributed by atoms with van der Waals surface area (Å²) in [6.45, 7) is 1.91. The molecule has 5 heteroatoms. The molecule has 110 valence electrons. The van der Waals surface area contributed by atoms with Gasteiger partial charge in [-0.3, -0.25) is 4.79 Å². The van der Waals surface area contributed by atoms with Crippen molar-refractivity contribution in [2.45, 2.75) is 6.92 Å². The molecule has 0 atom stereocenters. The summed E-state index contributed by atoms with van der Waals surface area (Å²) in [5.41, 5.74) is 1.83. The highest BCUT2D eigenvalue weighted by molar-refractivity contribution is 8.26. The number of ether oxygens (including phenoxy) is 1. The van der Waals surface area contributed by atoms with E-state index in [2.05, 4.69) is 5.32 Å². The first-order valence-electron chi connectivity index (χ1n) is 6.71. The lowest BCUT2D eigenvalue weighted by atomic mass is 10.1. The Kier molecular flexibility index (Phi) is 4.27. The summed E-state index contributed by atoms with van der Waals surface area (Å²) in [6.07, 6.45) is 0. The van der Waals surface area contributed by atoms with Gasteiger partial charge in [-0.15, -0.1) is 0 Å². The van der Waals surface area contributed by atoms with Gasteiger partial charge in [-0.25, -0.2) is 0 Å². The van der Waals surface area contributed by atoms with Crippen molar-refractivity contribution in [1.29, 1.82) is 0 Å². The number of hydrogen-bond donors (Lipinski definition) is 1. The number of carbonyl (C=O) groups excluding carboxylic acids is 1. The highest BCUT2D eigenvalue weighted by Crippen LogP contribution is 2.33. The summed E-state index contributed by atoms with van der Waals surface area (Å²) >= 11 is 6.32. The van der Waals surface area contributed by atoms with Gasteiger partial charge in [-0.1, -0.05) is 54.3 Å². The first kappa shape index (κ1) is 14.8. The van der Waals surface area contributed by atoms with E-state index in [0.29, 0.717) is 9.23 Å². The lowest BCUT2D eigenvalue weighted by molar-refractivity contribution is -0.115. The molecule has 0 aromatic heterocycles. The number of hydrogen-bond acceptors (Lipinski definition) is 4. The minimum Gasteiger partial charge on any atom is -0.457 e. The molecule has 1 heterocycles. The fourth-order valence-electron chi connectivity index (χ4n) is 2.11. The molecule has 1 aliphatic heterocycles. The maximum Gasteiger partial charge on any atom is 0.263 e. The summed E-state index contributed by atoms with van der Waals surface area (Å²) in [6, 6.07) is 17.3. The van der Waals surface area contributed by atoms with Crippen LogP contribution in [0.15, 0.2) is 59.5 Å². The molecule has 1 saturated heterocycles. The van der Waals surface area contributed by atoms with Gasteiger partial charge in [0.2, 0.25) is 0 Å². The third-order valence-electron chi connectivity index (χ3n) is 3.20. The van der Waals surface area contributed by atoms with Gasteiger partial charge in [-0.05, 0) is 42.3 Å². The number of benzene rings is 2. The van der Waals surface area contributed by atoms with Gasteiger partial charge in [0.05, 0.1) is 4.91 Å². The van der Waals surface area contributed by atoms with Crippen LogP contribution in [0.25, 0.3) is 5.57 Å². The molecular weight excluding hydrogens is 314 g/mol. The second-order valence-electron chi connectivity index (χ2n) is 4.74. The maximum absolute atomic E-state index is 11.9. The molecule has 0 radical (unpaired) electrons.